The van der Waals surface area contributed by atoms with Crippen molar-refractivity contribution >= 4 is 40.7 Å². The van der Waals surface area contributed by atoms with Crippen LogP contribution in [0.5, 0.6) is 5.75 Å². The molecule has 0 bridgehead atoms. The number of rotatable bonds is 7. The molecule has 0 spiro atoms. The standard InChI is InChI=1S/C19H13Cl2N3O6/c20-12-3-7-16(15(21)9-12)28-10-14-6-8-17(29-14)19(25)30-23-18(22)11-1-4-13(5-2-11)24(26)27/h1-9H,10H2,(H2,22,23). The number of oxime groups is 1. The molecule has 0 aliphatic rings. The number of hydrogen-bond donors (Lipinski definition) is 1. The number of nitro groups is 1. The molecule has 0 saturated carbocycles. The van der Waals surface area contributed by atoms with Gasteiger partial charge in [-0.1, -0.05) is 28.4 Å². The first kappa shape index (κ1) is 21.2. The molecule has 11 heteroatoms. The summed E-state index contributed by atoms with van der Waals surface area (Å²) in [5, 5.41) is 15.0. The lowest BCUT2D eigenvalue weighted by Crippen LogP contribution is -2.15. The summed E-state index contributed by atoms with van der Waals surface area (Å²) in [6.45, 7) is 0.0167. The number of carbonyl (C=O) groups is 1. The van der Waals surface area contributed by atoms with E-state index in [2.05, 4.69) is 5.16 Å². The van der Waals surface area contributed by atoms with Crippen LogP contribution in [-0.2, 0) is 11.4 Å². The number of benzene rings is 2. The minimum atomic E-state index is -0.879. The average Bonchev–Trinajstić information content (AvgIpc) is 3.20. The van der Waals surface area contributed by atoms with Crippen molar-refractivity contribution < 1.29 is 23.7 Å². The highest BCUT2D eigenvalue weighted by molar-refractivity contribution is 6.35. The number of nitrogens with zero attached hydrogens (tertiary/aromatic N) is 2. The van der Waals surface area contributed by atoms with Crippen LogP contribution in [0.25, 0.3) is 0 Å². The molecule has 3 rings (SSSR count). The summed E-state index contributed by atoms with van der Waals surface area (Å²) in [4.78, 5) is 26.9. The lowest BCUT2D eigenvalue weighted by molar-refractivity contribution is -0.384. The summed E-state index contributed by atoms with van der Waals surface area (Å²) < 4.78 is 10.9. The highest BCUT2D eigenvalue weighted by Gasteiger charge is 2.15. The maximum Gasteiger partial charge on any atom is 0.400 e. The van der Waals surface area contributed by atoms with Gasteiger partial charge < -0.3 is 19.7 Å². The average molecular weight is 450 g/mol. The van der Waals surface area contributed by atoms with E-state index in [0.29, 0.717) is 27.1 Å². The van der Waals surface area contributed by atoms with Gasteiger partial charge in [-0.3, -0.25) is 10.1 Å². The van der Waals surface area contributed by atoms with Gasteiger partial charge in [0.15, 0.2) is 5.84 Å². The highest BCUT2D eigenvalue weighted by atomic mass is 35.5. The summed E-state index contributed by atoms with van der Waals surface area (Å²) in [5.41, 5.74) is 5.97. The lowest BCUT2D eigenvalue weighted by atomic mass is 10.2. The van der Waals surface area contributed by atoms with Gasteiger partial charge in [-0.15, -0.1) is 0 Å². The summed E-state index contributed by atoms with van der Waals surface area (Å²) >= 11 is 11.8. The van der Waals surface area contributed by atoms with Gasteiger partial charge in [-0.25, -0.2) is 4.79 Å². The lowest BCUT2D eigenvalue weighted by Gasteiger charge is -2.06. The second-order valence-electron chi connectivity index (χ2n) is 5.79. The topological polar surface area (TPSA) is 130 Å². The molecule has 0 saturated heterocycles. The van der Waals surface area contributed by atoms with E-state index < -0.39 is 10.9 Å². The largest absolute Gasteiger partial charge is 0.484 e. The minimum absolute atomic E-state index is 0.0167. The fourth-order valence-corrected chi connectivity index (χ4v) is 2.71. The molecule has 0 radical (unpaired) electrons. The van der Waals surface area contributed by atoms with Crippen LogP contribution >= 0.6 is 23.2 Å². The van der Waals surface area contributed by atoms with E-state index in [9.17, 15) is 14.9 Å². The van der Waals surface area contributed by atoms with Crippen LogP contribution in [0.2, 0.25) is 10.0 Å². The Labute approximate surface area is 179 Å². The number of ether oxygens (including phenoxy) is 1. The molecule has 0 aliphatic carbocycles. The van der Waals surface area contributed by atoms with Gasteiger partial charge in [0, 0.05) is 22.7 Å². The first-order valence-electron chi connectivity index (χ1n) is 8.29. The normalized spacial score (nSPS) is 11.2. The van der Waals surface area contributed by atoms with Crippen molar-refractivity contribution in [1.29, 1.82) is 0 Å². The number of amidine groups is 1. The predicted octanol–water partition coefficient (Wildman–Crippen LogP) is 4.55. The molecule has 0 fully saturated rings. The predicted molar refractivity (Wildman–Crippen MR) is 109 cm³/mol. The Hall–Kier alpha value is -3.56. The van der Waals surface area contributed by atoms with E-state index in [1.807, 2.05) is 0 Å². The van der Waals surface area contributed by atoms with Crippen molar-refractivity contribution in [3.63, 3.8) is 0 Å². The van der Waals surface area contributed by atoms with Crippen LogP contribution in [0.4, 0.5) is 5.69 Å². The van der Waals surface area contributed by atoms with Crippen LogP contribution < -0.4 is 10.5 Å². The number of non-ortho nitro benzene ring substituents is 1. The fraction of sp³-hybridized carbons (Fsp3) is 0.0526. The zero-order chi connectivity index (χ0) is 21.7. The smallest absolute Gasteiger partial charge is 0.400 e. The number of furan rings is 1. The third-order valence-corrected chi connectivity index (χ3v) is 4.26. The monoisotopic (exact) mass is 449 g/mol. The minimum Gasteiger partial charge on any atom is -0.484 e. The Morgan fingerprint density at radius 2 is 1.87 bits per heavy atom. The van der Waals surface area contributed by atoms with Gasteiger partial charge in [0.1, 0.15) is 18.1 Å². The van der Waals surface area contributed by atoms with Crippen LogP contribution in [0.3, 0.4) is 0 Å². The molecule has 30 heavy (non-hydrogen) atoms. The van der Waals surface area contributed by atoms with E-state index in [4.69, 9.17) is 42.9 Å². The Morgan fingerprint density at radius 3 is 2.53 bits per heavy atom. The van der Waals surface area contributed by atoms with Gasteiger partial charge in [0.2, 0.25) is 5.76 Å². The van der Waals surface area contributed by atoms with Crippen molar-refractivity contribution in [1.82, 2.24) is 0 Å². The number of nitro benzene ring substituents is 1. The number of halogens is 2. The molecule has 154 valence electrons. The molecular weight excluding hydrogens is 437 g/mol. The van der Waals surface area contributed by atoms with Crippen molar-refractivity contribution in [2.24, 2.45) is 10.9 Å². The third kappa shape index (κ3) is 5.28. The molecule has 2 N–H and O–H groups in total. The van der Waals surface area contributed by atoms with Gasteiger partial charge in [-0.05, 0) is 42.5 Å². The van der Waals surface area contributed by atoms with Gasteiger partial charge >= 0.3 is 5.97 Å². The Kier molecular flexibility index (Phi) is 6.55. The quantitative estimate of drug-likeness (QED) is 0.184. The molecule has 0 atom stereocenters. The summed E-state index contributed by atoms with van der Waals surface area (Å²) in [6.07, 6.45) is 0. The molecule has 3 aromatic rings. The molecular formula is C19H13Cl2N3O6. The maximum atomic E-state index is 12.1. The summed E-state index contributed by atoms with van der Waals surface area (Å²) in [5.74, 6) is -0.375. The highest BCUT2D eigenvalue weighted by Crippen LogP contribution is 2.28. The summed E-state index contributed by atoms with van der Waals surface area (Å²) in [6, 6.07) is 13.0. The van der Waals surface area contributed by atoms with Crippen molar-refractivity contribution in [2.45, 2.75) is 6.61 Å². The first-order valence-corrected chi connectivity index (χ1v) is 9.05. The van der Waals surface area contributed by atoms with E-state index in [1.165, 1.54) is 42.5 Å². The number of carbonyl (C=O) groups excluding carboxylic acids is 1. The van der Waals surface area contributed by atoms with E-state index in [1.54, 1.807) is 12.1 Å². The van der Waals surface area contributed by atoms with Crippen LogP contribution in [-0.4, -0.2) is 16.7 Å². The van der Waals surface area contributed by atoms with Gasteiger partial charge in [-0.2, -0.15) is 0 Å². The van der Waals surface area contributed by atoms with Crippen molar-refractivity contribution in [3.05, 3.63) is 91.8 Å². The zero-order valence-electron chi connectivity index (χ0n) is 15.1. The van der Waals surface area contributed by atoms with Crippen LogP contribution in [0.1, 0.15) is 21.9 Å². The Morgan fingerprint density at radius 1 is 1.13 bits per heavy atom. The third-order valence-electron chi connectivity index (χ3n) is 3.73. The SMILES string of the molecule is N/C(=N\OC(=O)c1ccc(COc2ccc(Cl)cc2Cl)o1)c1ccc([N+](=O)[O-])cc1. The molecule has 1 aromatic heterocycles. The first-order chi connectivity index (χ1) is 14.3. The molecule has 0 aliphatic heterocycles. The Balaban J connectivity index is 1.59. The van der Waals surface area contributed by atoms with Crippen LogP contribution in [0.15, 0.2) is 64.2 Å². The summed E-state index contributed by atoms with van der Waals surface area (Å²) in [7, 11) is 0. The van der Waals surface area contributed by atoms with Crippen LogP contribution in [0, 0.1) is 10.1 Å². The van der Waals surface area contributed by atoms with E-state index >= 15 is 0 Å². The molecule has 0 unspecified atom stereocenters. The van der Waals surface area contributed by atoms with E-state index in [0.717, 1.165) is 0 Å². The second kappa shape index (κ2) is 9.29. The number of hydrogen-bond acceptors (Lipinski definition) is 7. The second-order valence-corrected chi connectivity index (χ2v) is 6.63. The van der Waals surface area contributed by atoms with E-state index in [-0.39, 0.29) is 23.9 Å². The molecule has 2 aromatic carbocycles. The van der Waals surface area contributed by atoms with Gasteiger partial charge in [0.25, 0.3) is 5.69 Å². The van der Waals surface area contributed by atoms with Crippen molar-refractivity contribution in [3.8, 4) is 5.75 Å². The number of nitrogens with two attached hydrogens (primary N) is 1. The molecule has 0 amide bonds. The van der Waals surface area contributed by atoms with Gasteiger partial charge in [0.05, 0.1) is 9.95 Å². The van der Waals surface area contributed by atoms with Crippen molar-refractivity contribution in [2.75, 3.05) is 0 Å². The maximum absolute atomic E-state index is 12.1. The zero-order valence-corrected chi connectivity index (χ0v) is 16.6. The molecule has 1 heterocycles. The fourth-order valence-electron chi connectivity index (χ4n) is 2.25. The molecule has 9 nitrogen and oxygen atoms in total. The Bertz CT molecular complexity index is 1110.